The van der Waals surface area contributed by atoms with Crippen LogP contribution in [0.4, 0.5) is 0 Å². The quantitative estimate of drug-likeness (QED) is 0.585. The largest absolute Gasteiger partial charge is 0.339 e. The van der Waals surface area contributed by atoms with Gasteiger partial charge in [-0.25, -0.2) is 8.42 Å². The van der Waals surface area contributed by atoms with E-state index in [1.54, 1.807) is 30.3 Å². The van der Waals surface area contributed by atoms with Crippen molar-refractivity contribution in [1.82, 2.24) is 14.1 Å². The summed E-state index contributed by atoms with van der Waals surface area (Å²) in [6, 6.07) is 17.9. The molecule has 0 bridgehead atoms. The van der Waals surface area contributed by atoms with Gasteiger partial charge >= 0.3 is 0 Å². The van der Waals surface area contributed by atoms with Gasteiger partial charge in [0.25, 0.3) is 5.91 Å². The van der Waals surface area contributed by atoms with Gasteiger partial charge in [0.15, 0.2) is 0 Å². The first-order valence-corrected chi connectivity index (χ1v) is 14.1. The summed E-state index contributed by atoms with van der Waals surface area (Å²) >= 11 is 0. The molecule has 2 saturated heterocycles. The Bertz CT molecular complexity index is 1090. The first-order valence-electron chi connectivity index (χ1n) is 12.6. The molecule has 0 aromatic heterocycles. The van der Waals surface area contributed by atoms with E-state index >= 15 is 0 Å². The second kappa shape index (κ2) is 11.4. The van der Waals surface area contributed by atoms with Crippen molar-refractivity contribution in [3.63, 3.8) is 0 Å². The summed E-state index contributed by atoms with van der Waals surface area (Å²) in [6.45, 7) is 4.76. The van der Waals surface area contributed by atoms with Crippen LogP contribution in [0, 0.1) is 5.92 Å². The van der Waals surface area contributed by atoms with E-state index in [-0.39, 0.29) is 23.8 Å². The number of nitrogens with zero attached hydrogens (tertiary/aromatic N) is 3. The summed E-state index contributed by atoms with van der Waals surface area (Å²) in [5, 5.41) is 0. The third kappa shape index (κ3) is 5.76. The van der Waals surface area contributed by atoms with Crippen molar-refractivity contribution in [2.45, 2.75) is 50.0 Å². The molecule has 0 saturated carbocycles. The summed E-state index contributed by atoms with van der Waals surface area (Å²) in [6.07, 6.45) is 3.49. The van der Waals surface area contributed by atoms with Crippen LogP contribution in [-0.2, 0) is 14.8 Å². The van der Waals surface area contributed by atoms with E-state index in [0.29, 0.717) is 56.0 Å². The third-order valence-electron chi connectivity index (χ3n) is 7.14. The van der Waals surface area contributed by atoms with Crippen LogP contribution >= 0.6 is 0 Å². The molecule has 2 aromatic carbocycles. The highest BCUT2D eigenvalue weighted by Gasteiger charge is 2.36. The number of carbonyl (C=O) groups is 2. The number of likely N-dealkylation sites (tertiary alicyclic amines) is 1. The van der Waals surface area contributed by atoms with Crippen molar-refractivity contribution >= 4 is 21.8 Å². The number of hydrogen-bond acceptors (Lipinski definition) is 4. The summed E-state index contributed by atoms with van der Waals surface area (Å²) in [4.78, 5) is 30.5. The van der Waals surface area contributed by atoms with Gasteiger partial charge in [-0.15, -0.1) is 0 Å². The molecule has 2 aliphatic rings. The SMILES string of the molecule is CCCN(C(=O)C1CCN(S(=O)(=O)c2ccccc2)CC1)C1CCN(C(=O)c2ccccc2)CC1. The highest BCUT2D eigenvalue weighted by molar-refractivity contribution is 7.89. The standard InChI is InChI=1S/C27H35N3O4S/c1-2-17-30(24-15-18-28(19-16-24)26(31)22-9-5-3-6-10-22)27(32)23-13-20-29(21-14-23)35(33,34)25-11-7-4-8-12-25/h3-12,23-24H,2,13-21H2,1H3. The minimum absolute atomic E-state index is 0.0458. The molecule has 2 aliphatic heterocycles. The molecule has 2 aromatic rings. The van der Waals surface area contributed by atoms with Gasteiger partial charge in [0.05, 0.1) is 4.90 Å². The van der Waals surface area contributed by atoms with Gasteiger partial charge in [-0.1, -0.05) is 43.3 Å². The third-order valence-corrected chi connectivity index (χ3v) is 9.06. The van der Waals surface area contributed by atoms with Gasteiger partial charge < -0.3 is 9.80 Å². The molecule has 2 fully saturated rings. The van der Waals surface area contributed by atoms with Crippen molar-refractivity contribution in [2.75, 3.05) is 32.7 Å². The van der Waals surface area contributed by atoms with Crippen LogP contribution in [0.2, 0.25) is 0 Å². The van der Waals surface area contributed by atoms with E-state index in [1.165, 1.54) is 4.31 Å². The Morgan fingerprint density at radius 3 is 2.00 bits per heavy atom. The Labute approximate surface area is 208 Å². The van der Waals surface area contributed by atoms with Crippen molar-refractivity contribution in [3.8, 4) is 0 Å². The predicted molar refractivity (Wildman–Crippen MR) is 135 cm³/mol. The molecule has 8 heteroatoms. The number of carbonyl (C=O) groups excluding carboxylic acids is 2. The fraction of sp³-hybridized carbons (Fsp3) is 0.481. The second-order valence-electron chi connectivity index (χ2n) is 9.41. The lowest BCUT2D eigenvalue weighted by Crippen LogP contribution is -2.52. The van der Waals surface area contributed by atoms with Crippen molar-refractivity contribution in [2.24, 2.45) is 5.92 Å². The zero-order valence-electron chi connectivity index (χ0n) is 20.4. The average Bonchev–Trinajstić information content (AvgIpc) is 2.92. The monoisotopic (exact) mass is 497 g/mol. The van der Waals surface area contributed by atoms with Crippen molar-refractivity contribution in [1.29, 1.82) is 0 Å². The number of benzene rings is 2. The first kappa shape index (κ1) is 25.4. The number of amides is 2. The van der Waals surface area contributed by atoms with Crippen molar-refractivity contribution in [3.05, 3.63) is 66.2 Å². The van der Waals surface area contributed by atoms with E-state index in [4.69, 9.17) is 0 Å². The van der Waals surface area contributed by atoms with E-state index in [0.717, 1.165) is 19.3 Å². The molecule has 2 amide bonds. The Morgan fingerprint density at radius 2 is 1.43 bits per heavy atom. The number of hydrogen-bond donors (Lipinski definition) is 0. The molecule has 0 unspecified atom stereocenters. The molecular weight excluding hydrogens is 462 g/mol. The van der Waals surface area contributed by atoms with Gasteiger partial charge in [-0.05, 0) is 56.4 Å². The summed E-state index contributed by atoms with van der Waals surface area (Å²) < 4.78 is 27.4. The Balaban J connectivity index is 1.34. The molecule has 0 atom stereocenters. The smallest absolute Gasteiger partial charge is 0.253 e. The Kier molecular flexibility index (Phi) is 8.23. The molecular formula is C27H35N3O4S. The Morgan fingerprint density at radius 1 is 0.857 bits per heavy atom. The lowest BCUT2D eigenvalue weighted by Gasteiger charge is -2.41. The number of rotatable bonds is 7. The first-order chi connectivity index (χ1) is 16.9. The van der Waals surface area contributed by atoms with Crippen LogP contribution in [-0.4, -0.2) is 73.1 Å². The van der Waals surface area contributed by atoms with E-state index in [2.05, 4.69) is 6.92 Å². The van der Waals surface area contributed by atoms with Gasteiger partial charge in [0, 0.05) is 50.2 Å². The van der Waals surface area contributed by atoms with Crippen LogP contribution in [0.5, 0.6) is 0 Å². The molecule has 7 nitrogen and oxygen atoms in total. The maximum atomic E-state index is 13.5. The molecule has 0 radical (unpaired) electrons. The average molecular weight is 498 g/mol. The molecule has 2 heterocycles. The zero-order chi connectivity index (χ0) is 24.8. The molecule has 4 rings (SSSR count). The number of sulfonamides is 1. The van der Waals surface area contributed by atoms with E-state index in [9.17, 15) is 18.0 Å². The maximum absolute atomic E-state index is 13.5. The topological polar surface area (TPSA) is 78.0 Å². The van der Waals surface area contributed by atoms with Gasteiger partial charge in [0.2, 0.25) is 15.9 Å². The van der Waals surface area contributed by atoms with Crippen molar-refractivity contribution < 1.29 is 18.0 Å². The van der Waals surface area contributed by atoms with Gasteiger partial charge in [-0.3, -0.25) is 9.59 Å². The molecule has 35 heavy (non-hydrogen) atoms. The molecule has 0 aliphatic carbocycles. The van der Waals surface area contributed by atoms with Crippen LogP contribution in [0.3, 0.4) is 0 Å². The summed E-state index contributed by atoms with van der Waals surface area (Å²) in [5.41, 5.74) is 0.699. The minimum Gasteiger partial charge on any atom is -0.339 e. The zero-order valence-corrected chi connectivity index (χ0v) is 21.2. The van der Waals surface area contributed by atoms with Gasteiger partial charge in [0.1, 0.15) is 0 Å². The maximum Gasteiger partial charge on any atom is 0.253 e. The lowest BCUT2D eigenvalue weighted by molar-refractivity contribution is -0.140. The predicted octanol–water partition coefficient (Wildman–Crippen LogP) is 3.63. The fourth-order valence-electron chi connectivity index (χ4n) is 5.18. The minimum atomic E-state index is -3.53. The highest BCUT2D eigenvalue weighted by Crippen LogP contribution is 2.28. The van der Waals surface area contributed by atoms with Gasteiger partial charge in [-0.2, -0.15) is 4.31 Å². The number of piperidine rings is 2. The molecule has 0 N–H and O–H groups in total. The second-order valence-corrected chi connectivity index (χ2v) is 11.4. The van der Waals surface area contributed by atoms with E-state index in [1.807, 2.05) is 40.1 Å². The lowest BCUT2D eigenvalue weighted by atomic mass is 9.94. The van der Waals surface area contributed by atoms with Crippen LogP contribution in [0.25, 0.3) is 0 Å². The molecule has 0 spiro atoms. The summed E-state index contributed by atoms with van der Waals surface area (Å²) in [5.74, 6) is 0.0219. The van der Waals surface area contributed by atoms with Crippen LogP contribution in [0.15, 0.2) is 65.6 Å². The van der Waals surface area contributed by atoms with Crippen LogP contribution in [0.1, 0.15) is 49.4 Å². The normalized spacial score (nSPS) is 18.4. The fourth-order valence-corrected chi connectivity index (χ4v) is 6.67. The summed E-state index contributed by atoms with van der Waals surface area (Å²) in [7, 11) is -3.53. The molecule has 188 valence electrons. The van der Waals surface area contributed by atoms with Crippen LogP contribution < -0.4 is 0 Å². The highest BCUT2D eigenvalue weighted by atomic mass is 32.2. The Hall–Kier alpha value is -2.71. The van der Waals surface area contributed by atoms with E-state index < -0.39 is 10.0 Å².